The normalized spacial score (nSPS) is 10.7. The summed E-state index contributed by atoms with van der Waals surface area (Å²) in [7, 11) is -4.42. The van der Waals surface area contributed by atoms with Gasteiger partial charge in [0.2, 0.25) is 0 Å². The second kappa shape index (κ2) is 4.14. The number of urea groups is 1. The molecule has 0 rings (SSSR count). The number of amides is 2. The SMILES string of the molecule is CCCNC(=O)NS(=O)(=O)O. The lowest BCUT2D eigenvalue weighted by Gasteiger charge is -2.01. The van der Waals surface area contributed by atoms with Crippen molar-refractivity contribution in [2.24, 2.45) is 0 Å². The Labute approximate surface area is 64.9 Å². The molecule has 0 heterocycles. The highest BCUT2D eigenvalue weighted by Crippen LogP contribution is 1.75. The zero-order chi connectivity index (χ0) is 8.91. The van der Waals surface area contributed by atoms with Crippen molar-refractivity contribution in [3.63, 3.8) is 0 Å². The maximum atomic E-state index is 10.5. The fourth-order valence-corrected chi connectivity index (χ4v) is 0.698. The summed E-state index contributed by atoms with van der Waals surface area (Å²) >= 11 is 0. The number of carbonyl (C=O) groups is 1. The standard InChI is InChI=1S/C4H10N2O4S/c1-2-3-5-4(7)6-11(8,9)10/h2-3H2,1H3,(H2,5,6,7)(H,8,9,10). The van der Waals surface area contributed by atoms with Crippen LogP contribution in [0.1, 0.15) is 13.3 Å². The molecule has 0 aromatic heterocycles. The first-order chi connectivity index (χ1) is 4.95. The Bertz CT molecular complexity index is 222. The van der Waals surface area contributed by atoms with Gasteiger partial charge in [-0.3, -0.25) is 4.55 Å². The molecule has 0 aromatic carbocycles. The van der Waals surface area contributed by atoms with Crippen LogP contribution in [0.2, 0.25) is 0 Å². The van der Waals surface area contributed by atoms with Crippen molar-refractivity contribution in [3.05, 3.63) is 0 Å². The lowest BCUT2D eigenvalue weighted by Crippen LogP contribution is -2.39. The van der Waals surface area contributed by atoms with E-state index >= 15 is 0 Å². The summed E-state index contributed by atoms with van der Waals surface area (Å²) in [6.07, 6.45) is 0.693. The van der Waals surface area contributed by atoms with Crippen LogP contribution in [-0.2, 0) is 10.3 Å². The molecule has 0 radical (unpaired) electrons. The molecule has 0 fully saturated rings. The Kier molecular flexibility index (Phi) is 3.83. The molecule has 0 aliphatic rings. The fraction of sp³-hybridized carbons (Fsp3) is 0.750. The van der Waals surface area contributed by atoms with Crippen molar-refractivity contribution in [3.8, 4) is 0 Å². The van der Waals surface area contributed by atoms with Crippen molar-refractivity contribution in [1.29, 1.82) is 0 Å². The van der Waals surface area contributed by atoms with E-state index in [9.17, 15) is 13.2 Å². The average molecular weight is 182 g/mol. The summed E-state index contributed by atoms with van der Waals surface area (Å²) < 4.78 is 29.4. The predicted octanol–water partition coefficient (Wildman–Crippen LogP) is -0.502. The predicted molar refractivity (Wildman–Crippen MR) is 38.4 cm³/mol. The van der Waals surface area contributed by atoms with Crippen LogP contribution in [0.4, 0.5) is 4.79 Å². The summed E-state index contributed by atoms with van der Waals surface area (Å²) in [4.78, 5) is 10.5. The Morgan fingerprint density at radius 3 is 2.45 bits per heavy atom. The van der Waals surface area contributed by atoms with Crippen molar-refractivity contribution >= 4 is 16.3 Å². The van der Waals surface area contributed by atoms with Crippen molar-refractivity contribution < 1.29 is 17.8 Å². The highest BCUT2D eigenvalue weighted by atomic mass is 32.2. The van der Waals surface area contributed by atoms with E-state index < -0.39 is 16.3 Å². The minimum absolute atomic E-state index is 0.362. The van der Waals surface area contributed by atoms with Crippen molar-refractivity contribution in [1.82, 2.24) is 10.0 Å². The third-order valence-electron chi connectivity index (χ3n) is 0.757. The summed E-state index contributed by atoms with van der Waals surface area (Å²) in [5, 5.41) is 2.20. The fourth-order valence-electron chi connectivity index (χ4n) is 0.392. The third kappa shape index (κ3) is 7.07. The first-order valence-corrected chi connectivity index (χ1v) is 4.42. The van der Waals surface area contributed by atoms with Gasteiger partial charge in [-0.2, -0.15) is 8.42 Å². The Morgan fingerprint density at radius 2 is 2.09 bits per heavy atom. The first-order valence-electron chi connectivity index (χ1n) is 2.98. The zero-order valence-corrected chi connectivity index (χ0v) is 6.81. The van der Waals surface area contributed by atoms with E-state index in [4.69, 9.17) is 4.55 Å². The summed E-state index contributed by atoms with van der Waals surface area (Å²) in [5.74, 6) is 0. The van der Waals surface area contributed by atoms with Gasteiger partial charge in [-0.25, -0.2) is 9.52 Å². The van der Waals surface area contributed by atoms with Crippen LogP contribution in [0.25, 0.3) is 0 Å². The van der Waals surface area contributed by atoms with E-state index in [0.29, 0.717) is 13.0 Å². The molecule has 0 aromatic rings. The van der Waals surface area contributed by atoms with Gasteiger partial charge in [0, 0.05) is 6.54 Å². The van der Waals surface area contributed by atoms with Gasteiger partial charge >= 0.3 is 16.3 Å². The van der Waals surface area contributed by atoms with Crippen LogP contribution in [0.3, 0.4) is 0 Å². The second-order valence-corrected chi connectivity index (χ2v) is 2.99. The van der Waals surface area contributed by atoms with Crippen LogP contribution >= 0.6 is 0 Å². The zero-order valence-electron chi connectivity index (χ0n) is 5.99. The molecule has 0 saturated heterocycles. The van der Waals surface area contributed by atoms with Gasteiger partial charge in [0.15, 0.2) is 0 Å². The number of hydrogen-bond donors (Lipinski definition) is 3. The molecule has 2 amide bonds. The van der Waals surface area contributed by atoms with Gasteiger partial charge in [0.25, 0.3) is 0 Å². The van der Waals surface area contributed by atoms with Crippen molar-refractivity contribution in [2.75, 3.05) is 6.54 Å². The van der Waals surface area contributed by atoms with Crippen molar-refractivity contribution in [2.45, 2.75) is 13.3 Å². The molecule has 0 aliphatic heterocycles. The van der Waals surface area contributed by atoms with Crippen LogP contribution in [0.15, 0.2) is 0 Å². The molecular weight excluding hydrogens is 172 g/mol. The molecule has 0 saturated carbocycles. The van der Waals surface area contributed by atoms with Gasteiger partial charge in [0.05, 0.1) is 0 Å². The molecule has 66 valence electrons. The van der Waals surface area contributed by atoms with E-state index in [-0.39, 0.29) is 0 Å². The van der Waals surface area contributed by atoms with E-state index in [1.165, 1.54) is 4.72 Å². The third-order valence-corrected chi connectivity index (χ3v) is 1.20. The number of rotatable bonds is 3. The van der Waals surface area contributed by atoms with E-state index in [2.05, 4.69) is 5.32 Å². The van der Waals surface area contributed by atoms with E-state index in [1.54, 1.807) is 0 Å². The quantitative estimate of drug-likeness (QED) is 0.512. The minimum atomic E-state index is -4.42. The largest absolute Gasteiger partial charge is 0.361 e. The summed E-state index contributed by atoms with van der Waals surface area (Å²) in [6, 6.07) is -0.922. The van der Waals surface area contributed by atoms with Gasteiger partial charge in [-0.1, -0.05) is 6.92 Å². The minimum Gasteiger partial charge on any atom is -0.337 e. The van der Waals surface area contributed by atoms with Gasteiger partial charge in [0.1, 0.15) is 0 Å². The molecular formula is C4H10N2O4S. The van der Waals surface area contributed by atoms with Gasteiger partial charge in [-0.15, -0.1) is 0 Å². The number of nitrogens with one attached hydrogen (secondary N) is 2. The highest BCUT2D eigenvalue weighted by Gasteiger charge is 2.07. The molecule has 11 heavy (non-hydrogen) atoms. The van der Waals surface area contributed by atoms with Crippen LogP contribution in [0, 0.1) is 0 Å². The van der Waals surface area contributed by atoms with Crippen LogP contribution in [-0.4, -0.2) is 25.5 Å². The summed E-state index contributed by atoms with van der Waals surface area (Å²) in [6.45, 7) is 2.18. The maximum absolute atomic E-state index is 10.5. The van der Waals surface area contributed by atoms with Crippen LogP contribution in [0.5, 0.6) is 0 Å². The highest BCUT2D eigenvalue weighted by molar-refractivity contribution is 7.84. The maximum Gasteiger partial charge on any atom is 0.361 e. The van der Waals surface area contributed by atoms with Gasteiger partial charge < -0.3 is 5.32 Å². The smallest absolute Gasteiger partial charge is 0.337 e. The first kappa shape index (κ1) is 10.2. The number of carbonyl (C=O) groups excluding carboxylic acids is 1. The van der Waals surface area contributed by atoms with E-state index in [1.807, 2.05) is 6.92 Å². The molecule has 0 atom stereocenters. The summed E-state index contributed by atoms with van der Waals surface area (Å²) in [5.41, 5.74) is 0. The lowest BCUT2D eigenvalue weighted by atomic mass is 10.5. The number of hydrogen-bond acceptors (Lipinski definition) is 3. The van der Waals surface area contributed by atoms with E-state index in [0.717, 1.165) is 0 Å². The lowest BCUT2D eigenvalue weighted by molar-refractivity contribution is 0.245. The second-order valence-electron chi connectivity index (χ2n) is 1.83. The molecule has 0 spiro atoms. The monoisotopic (exact) mass is 182 g/mol. The molecule has 6 nitrogen and oxygen atoms in total. The Balaban J connectivity index is 3.71. The molecule has 0 unspecified atom stereocenters. The van der Waals surface area contributed by atoms with Crippen LogP contribution < -0.4 is 10.0 Å². The average Bonchev–Trinajstić information content (AvgIpc) is 1.79. The topological polar surface area (TPSA) is 95.5 Å². The van der Waals surface area contributed by atoms with Gasteiger partial charge in [-0.05, 0) is 6.42 Å². The Hall–Kier alpha value is -0.820. The molecule has 0 bridgehead atoms. The molecule has 0 aliphatic carbocycles. The Morgan fingerprint density at radius 1 is 1.55 bits per heavy atom. The molecule has 3 N–H and O–H groups in total. The molecule has 7 heteroatoms.